The number of hydrogen-bond acceptors (Lipinski definition) is 6. The number of aromatic nitrogens is 1. The van der Waals surface area contributed by atoms with Crippen molar-refractivity contribution in [2.24, 2.45) is 0 Å². The zero-order chi connectivity index (χ0) is 24.9. The van der Waals surface area contributed by atoms with Crippen LogP contribution in [0.2, 0.25) is 0 Å². The summed E-state index contributed by atoms with van der Waals surface area (Å²) in [5, 5.41) is 11.0. The summed E-state index contributed by atoms with van der Waals surface area (Å²) in [5.74, 6) is 0.338. The van der Waals surface area contributed by atoms with Gasteiger partial charge in [0.05, 0.1) is 31.0 Å². The molecule has 1 aliphatic rings. The van der Waals surface area contributed by atoms with Crippen molar-refractivity contribution in [3.63, 3.8) is 0 Å². The Bertz CT molecular complexity index is 1220. The highest BCUT2D eigenvalue weighted by Crippen LogP contribution is 2.38. The minimum absolute atomic E-state index is 0.0476. The Labute approximate surface area is 204 Å². The maximum Gasteiger partial charge on any atom is 0.259 e. The summed E-state index contributed by atoms with van der Waals surface area (Å²) in [6.07, 6.45) is 0. The van der Waals surface area contributed by atoms with Crippen molar-refractivity contribution in [2.45, 2.75) is 19.5 Å². The van der Waals surface area contributed by atoms with Gasteiger partial charge in [-0.1, -0.05) is 30.3 Å². The second-order valence-corrected chi connectivity index (χ2v) is 8.65. The minimum Gasteiger partial charge on any atom is -0.507 e. The standard InChI is InChI=1S/C27H32FN3O4/c1-19-18-23(32)25(27(33)31(19)16-17-34-2)26(20-8-4-7-11-24(20)35-3)30-14-12-29(13-15-30)22-10-6-5-9-21(22)28/h4-11,18,26,32H,12-17H2,1-3H3/t26-/m0/s1. The summed E-state index contributed by atoms with van der Waals surface area (Å²) in [4.78, 5) is 17.9. The molecule has 186 valence electrons. The summed E-state index contributed by atoms with van der Waals surface area (Å²) >= 11 is 0. The maximum atomic E-state index is 14.4. The zero-order valence-corrected chi connectivity index (χ0v) is 20.4. The van der Waals surface area contributed by atoms with Crippen LogP contribution >= 0.6 is 0 Å². The topological polar surface area (TPSA) is 67.2 Å². The molecule has 4 rings (SSSR count). The van der Waals surface area contributed by atoms with E-state index in [4.69, 9.17) is 9.47 Å². The van der Waals surface area contributed by atoms with Crippen LogP contribution in [0.25, 0.3) is 0 Å². The molecule has 0 unspecified atom stereocenters. The molecule has 8 heteroatoms. The Morgan fingerprint density at radius 2 is 1.71 bits per heavy atom. The number of para-hydroxylation sites is 2. The van der Waals surface area contributed by atoms with E-state index in [1.165, 1.54) is 6.07 Å². The molecular weight excluding hydrogens is 449 g/mol. The number of methoxy groups -OCH3 is 2. The van der Waals surface area contributed by atoms with Gasteiger partial charge in [-0.15, -0.1) is 0 Å². The van der Waals surface area contributed by atoms with Crippen LogP contribution in [0, 0.1) is 12.7 Å². The van der Waals surface area contributed by atoms with Crippen LogP contribution in [0.5, 0.6) is 11.5 Å². The zero-order valence-electron chi connectivity index (χ0n) is 20.4. The van der Waals surface area contributed by atoms with Crippen molar-refractivity contribution in [2.75, 3.05) is 51.9 Å². The molecule has 3 aromatic rings. The van der Waals surface area contributed by atoms with Gasteiger partial charge in [0.2, 0.25) is 0 Å². The van der Waals surface area contributed by atoms with Gasteiger partial charge in [0.15, 0.2) is 0 Å². The van der Waals surface area contributed by atoms with Crippen LogP contribution in [0.1, 0.15) is 22.9 Å². The second-order valence-electron chi connectivity index (χ2n) is 8.65. The number of halogens is 1. The van der Waals surface area contributed by atoms with E-state index in [9.17, 15) is 14.3 Å². The van der Waals surface area contributed by atoms with Gasteiger partial charge in [0.1, 0.15) is 17.3 Å². The molecule has 0 radical (unpaired) electrons. The molecule has 1 aromatic heterocycles. The van der Waals surface area contributed by atoms with Crippen LogP contribution in [0.4, 0.5) is 10.1 Å². The summed E-state index contributed by atoms with van der Waals surface area (Å²) in [5.41, 5.74) is 2.07. The van der Waals surface area contributed by atoms with Gasteiger partial charge >= 0.3 is 0 Å². The average molecular weight is 482 g/mol. The molecule has 1 atom stereocenters. The fourth-order valence-corrected chi connectivity index (χ4v) is 4.84. The number of rotatable bonds is 8. The number of anilines is 1. The van der Waals surface area contributed by atoms with Gasteiger partial charge in [-0.3, -0.25) is 9.69 Å². The number of aromatic hydroxyl groups is 1. The highest BCUT2D eigenvalue weighted by atomic mass is 19.1. The van der Waals surface area contributed by atoms with Crippen molar-refractivity contribution < 1.29 is 19.0 Å². The van der Waals surface area contributed by atoms with Gasteiger partial charge in [-0.25, -0.2) is 4.39 Å². The Hall–Kier alpha value is -3.36. The Kier molecular flexibility index (Phi) is 7.73. The van der Waals surface area contributed by atoms with Gasteiger partial charge in [-0.2, -0.15) is 0 Å². The van der Waals surface area contributed by atoms with Crippen LogP contribution in [-0.2, 0) is 11.3 Å². The normalized spacial score (nSPS) is 15.3. The smallest absolute Gasteiger partial charge is 0.259 e. The summed E-state index contributed by atoms with van der Waals surface area (Å²) in [7, 11) is 3.19. The molecule has 0 spiro atoms. The lowest BCUT2D eigenvalue weighted by molar-refractivity contribution is 0.183. The van der Waals surface area contributed by atoms with Gasteiger partial charge < -0.3 is 24.0 Å². The molecule has 2 heterocycles. The summed E-state index contributed by atoms with van der Waals surface area (Å²) in [6.45, 7) is 4.86. The lowest BCUT2D eigenvalue weighted by Crippen LogP contribution is -2.49. The van der Waals surface area contributed by atoms with E-state index >= 15 is 0 Å². The fourth-order valence-electron chi connectivity index (χ4n) is 4.84. The molecule has 0 amide bonds. The number of aryl methyl sites for hydroxylation is 1. The lowest BCUT2D eigenvalue weighted by Gasteiger charge is -2.41. The molecule has 0 saturated carbocycles. The van der Waals surface area contributed by atoms with E-state index in [2.05, 4.69) is 4.90 Å². The Morgan fingerprint density at radius 3 is 2.40 bits per heavy atom. The molecule has 1 aliphatic heterocycles. The molecule has 35 heavy (non-hydrogen) atoms. The minimum atomic E-state index is -0.532. The van der Waals surface area contributed by atoms with Crippen molar-refractivity contribution in [1.82, 2.24) is 9.47 Å². The first-order valence-corrected chi connectivity index (χ1v) is 11.7. The summed E-state index contributed by atoms with van der Waals surface area (Å²) < 4.78 is 26.9. The highest BCUT2D eigenvalue weighted by molar-refractivity contribution is 5.49. The molecule has 1 fully saturated rings. The van der Waals surface area contributed by atoms with E-state index in [1.807, 2.05) is 35.2 Å². The molecule has 1 saturated heterocycles. The first-order valence-electron chi connectivity index (χ1n) is 11.7. The van der Waals surface area contributed by atoms with Gasteiger partial charge in [-0.05, 0) is 31.2 Å². The van der Waals surface area contributed by atoms with E-state index in [1.54, 1.807) is 43.9 Å². The SMILES string of the molecule is COCCn1c(C)cc(O)c([C@H](c2ccccc2OC)N2CCN(c3ccccc3F)CC2)c1=O. The number of nitrogens with zero attached hydrogens (tertiary/aromatic N) is 3. The molecule has 2 aromatic carbocycles. The highest BCUT2D eigenvalue weighted by Gasteiger charge is 2.33. The van der Waals surface area contributed by atoms with Crippen LogP contribution in [0.3, 0.4) is 0 Å². The Balaban J connectivity index is 1.76. The monoisotopic (exact) mass is 481 g/mol. The summed E-state index contributed by atoms with van der Waals surface area (Å²) in [6, 6.07) is 15.4. The second kappa shape index (κ2) is 10.9. The van der Waals surface area contributed by atoms with E-state index in [-0.39, 0.29) is 17.1 Å². The quantitative estimate of drug-likeness (QED) is 0.531. The van der Waals surface area contributed by atoms with Crippen LogP contribution < -0.4 is 15.2 Å². The van der Waals surface area contributed by atoms with Crippen LogP contribution in [-0.4, -0.2) is 61.6 Å². The van der Waals surface area contributed by atoms with Crippen molar-refractivity contribution >= 4 is 5.69 Å². The third-order valence-electron chi connectivity index (χ3n) is 6.62. The predicted molar refractivity (Wildman–Crippen MR) is 134 cm³/mol. The van der Waals surface area contributed by atoms with E-state index in [0.29, 0.717) is 62.0 Å². The van der Waals surface area contributed by atoms with Crippen molar-refractivity contribution in [1.29, 1.82) is 0 Å². The largest absolute Gasteiger partial charge is 0.507 e. The number of ether oxygens (including phenoxy) is 2. The first-order chi connectivity index (χ1) is 17.0. The molecule has 0 aliphatic carbocycles. The molecule has 7 nitrogen and oxygen atoms in total. The number of pyridine rings is 1. The van der Waals surface area contributed by atoms with E-state index in [0.717, 1.165) is 5.56 Å². The lowest BCUT2D eigenvalue weighted by atomic mass is 9.95. The first kappa shape index (κ1) is 24.8. The number of piperazine rings is 1. The third kappa shape index (κ3) is 5.04. The van der Waals surface area contributed by atoms with Gasteiger partial charge in [0, 0.05) is 51.1 Å². The third-order valence-corrected chi connectivity index (χ3v) is 6.62. The fraction of sp³-hybridized carbons (Fsp3) is 0.370. The van der Waals surface area contributed by atoms with E-state index < -0.39 is 6.04 Å². The Morgan fingerprint density at radius 1 is 1.03 bits per heavy atom. The van der Waals surface area contributed by atoms with Gasteiger partial charge in [0.25, 0.3) is 5.56 Å². The number of benzene rings is 2. The van der Waals surface area contributed by atoms with Crippen molar-refractivity contribution in [3.05, 3.63) is 87.6 Å². The maximum absolute atomic E-state index is 14.4. The molecule has 1 N–H and O–H groups in total. The van der Waals surface area contributed by atoms with Crippen LogP contribution in [0.15, 0.2) is 59.4 Å². The average Bonchev–Trinajstić information content (AvgIpc) is 2.87. The predicted octanol–water partition coefficient (Wildman–Crippen LogP) is 3.57. The molecular formula is C27H32FN3O4. The van der Waals surface area contributed by atoms with Crippen molar-refractivity contribution in [3.8, 4) is 11.5 Å². The molecule has 0 bridgehead atoms. The number of hydrogen-bond donors (Lipinski definition) is 1.